The van der Waals surface area contributed by atoms with Crippen molar-refractivity contribution >= 4 is 38.6 Å². The topological polar surface area (TPSA) is 43.1 Å². The molecule has 1 aliphatic rings. The lowest BCUT2D eigenvalue weighted by Crippen LogP contribution is -1.95. The standard InChI is InChI=1S/C24H14N4/c1-2-6-16-14(5-1)13-15-9-10-17-21(20(15)16)22-19(8-4-11-25-22)28-23(17)27-18-7-3-12-26-24(18)28/h1-12H,13H2. The quantitative estimate of drug-likeness (QED) is 0.352. The fraction of sp³-hybridized carbons (Fsp3) is 0.0417. The highest BCUT2D eigenvalue weighted by atomic mass is 15.1. The molecule has 0 amide bonds. The minimum atomic E-state index is 0.873. The second kappa shape index (κ2) is 4.93. The van der Waals surface area contributed by atoms with Gasteiger partial charge < -0.3 is 0 Å². The van der Waals surface area contributed by atoms with E-state index in [1.54, 1.807) is 0 Å². The molecule has 28 heavy (non-hydrogen) atoms. The fourth-order valence-electron chi connectivity index (χ4n) is 4.75. The van der Waals surface area contributed by atoms with Crippen LogP contribution in [0.1, 0.15) is 11.1 Å². The normalized spacial score (nSPS) is 12.9. The number of hydrogen-bond acceptors (Lipinski definition) is 3. The van der Waals surface area contributed by atoms with Gasteiger partial charge in [0.1, 0.15) is 11.2 Å². The largest absolute Gasteiger partial charge is 0.274 e. The fourth-order valence-corrected chi connectivity index (χ4v) is 4.75. The van der Waals surface area contributed by atoms with Gasteiger partial charge in [-0.05, 0) is 52.9 Å². The highest BCUT2D eigenvalue weighted by Crippen LogP contribution is 2.44. The van der Waals surface area contributed by atoms with Gasteiger partial charge in [0, 0.05) is 23.2 Å². The van der Waals surface area contributed by atoms with Crippen LogP contribution in [-0.4, -0.2) is 19.4 Å². The van der Waals surface area contributed by atoms with Gasteiger partial charge in [0.05, 0.1) is 11.0 Å². The molecule has 0 saturated heterocycles. The Morgan fingerprint density at radius 2 is 1.64 bits per heavy atom. The Bertz CT molecular complexity index is 1590. The Kier molecular flexibility index (Phi) is 2.51. The van der Waals surface area contributed by atoms with E-state index in [1.165, 1.54) is 27.6 Å². The van der Waals surface area contributed by atoms with Crippen LogP contribution in [-0.2, 0) is 6.42 Å². The van der Waals surface area contributed by atoms with E-state index >= 15 is 0 Å². The van der Waals surface area contributed by atoms with E-state index in [1.807, 2.05) is 30.6 Å². The van der Waals surface area contributed by atoms with Gasteiger partial charge in [-0.2, -0.15) is 0 Å². The molecule has 4 heteroatoms. The van der Waals surface area contributed by atoms with Crippen LogP contribution >= 0.6 is 0 Å². The van der Waals surface area contributed by atoms with Gasteiger partial charge in [0.25, 0.3) is 0 Å². The monoisotopic (exact) mass is 358 g/mol. The molecule has 0 unspecified atom stereocenters. The molecule has 0 bridgehead atoms. The third-order valence-corrected chi connectivity index (χ3v) is 5.88. The lowest BCUT2D eigenvalue weighted by Gasteiger charge is -2.12. The maximum absolute atomic E-state index is 4.95. The smallest absolute Gasteiger partial charge is 0.165 e. The van der Waals surface area contributed by atoms with Gasteiger partial charge >= 0.3 is 0 Å². The highest BCUT2D eigenvalue weighted by molar-refractivity contribution is 6.19. The van der Waals surface area contributed by atoms with Crippen LogP contribution in [0.4, 0.5) is 0 Å². The molecule has 4 aromatic heterocycles. The SMILES string of the molecule is c1ccc2c(c1)Cc1ccc3c(c1-2)c1ncccc1n1c2ncccc2nc31. The van der Waals surface area contributed by atoms with Crippen molar-refractivity contribution in [2.45, 2.75) is 6.42 Å². The molecule has 0 fully saturated rings. The van der Waals surface area contributed by atoms with Gasteiger partial charge in [-0.25, -0.2) is 9.97 Å². The average molecular weight is 358 g/mol. The van der Waals surface area contributed by atoms with E-state index in [4.69, 9.17) is 9.97 Å². The van der Waals surface area contributed by atoms with Crippen LogP contribution < -0.4 is 0 Å². The van der Waals surface area contributed by atoms with Crippen molar-refractivity contribution in [3.8, 4) is 11.1 Å². The maximum atomic E-state index is 4.95. The molecule has 0 radical (unpaired) electrons. The molecular formula is C24H14N4. The summed E-state index contributed by atoms with van der Waals surface area (Å²) >= 11 is 0. The van der Waals surface area contributed by atoms with E-state index in [-0.39, 0.29) is 0 Å². The predicted octanol–water partition coefficient (Wildman–Crippen LogP) is 5.16. The van der Waals surface area contributed by atoms with Crippen molar-refractivity contribution in [3.05, 3.63) is 84.2 Å². The predicted molar refractivity (Wildman–Crippen MR) is 112 cm³/mol. The Morgan fingerprint density at radius 1 is 0.750 bits per heavy atom. The Labute approximate surface area is 160 Å². The minimum Gasteiger partial charge on any atom is -0.274 e. The van der Waals surface area contributed by atoms with Crippen molar-refractivity contribution in [1.82, 2.24) is 19.4 Å². The maximum Gasteiger partial charge on any atom is 0.165 e. The number of fused-ring (bicyclic) bond motifs is 12. The summed E-state index contributed by atoms with van der Waals surface area (Å²) in [6.07, 6.45) is 4.67. The zero-order valence-electron chi connectivity index (χ0n) is 14.9. The molecule has 130 valence electrons. The van der Waals surface area contributed by atoms with Gasteiger partial charge in [-0.1, -0.05) is 36.4 Å². The zero-order valence-corrected chi connectivity index (χ0v) is 14.9. The number of aromatic nitrogens is 4. The molecule has 4 heterocycles. The van der Waals surface area contributed by atoms with Crippen molar-refractivity contribution in [2.24, 2.45) is 0 Å². The lowest BCUT2D eigenvalue weighted by atomic mass is 9.97. The molecular weight excluding hydrogens is 344 g/mol. The van der Waals surface area contributed by atoms with Gasteiger partial charge in [0.2, 0.25) is 0 Å². The van der Waals surface area contributed by atoms with E-state index in [9.17, 15) is 0 Å². The summed E-state index contributed by atoms with van der Waals surface area (Å²) < 4.78 is 2.15. The third kappa shape index (κ3) is 1.63. The van der Waals surface area contributed by atoms with E-state index in [2.05, 4.69) is 51.8 Å². The van der Waals surface area contributed by atoms with E-state index < -0.39 is 0 Å². The Balaban J connectivity index is 1.82. The highest BCUT2D eigenvalue weighted by Gasteiger charge is 2.24. The summed E-state index contributed by atoms with van der Waals surface area (Å²) in [7, 11) is 0. The molecule has 0 saturated carbocycles. The second-order valence-corrected chi connectivity index (χ2v) is 7.34. The van der Waals surface area contributed by atoms with Crippen LogP contribution in [0.5, 0.6) is 0 Å². The number of rotatable bonds is 0. The van der Waals surface area contributed by atoms with Gasteiger partial charge in [-0.3, -0.25) is 9.38 Å². The number of pyridine rings is 3. The molecule has 2 aromatic carbocycles. The van der Waals surface area contributed by atoms with Crippen LogP contribution in [0.2, 0.25) is 0 Å². The summed E-state index contributed by atoms with van der Waals surface area (Å²) in [6, 6.07) is 21.2. The van der Waals surface area contributed by atoms with E-state index in [0.29, 0.717) is 0 Å². The van der Waals surface area contributed by atoms with Crippen molar-refractivity contribution in [2.75, 3.05) is 0 Å². The summed E-state index contributed by atoms with van der Waals surface area (Å²) in [5.41, 5.74) is 10.1. The average Bonchev–Trinajstić information content (AvgIpc) is 3.32. The molecule has 0 atom stereocenters. The number of hydrogen-bond donors (Lipinski definition) is 0. The summed E-state index contributed by atoms with van der Waals surface area (Å²) in [5.74, 6) is 0. The molecule has 4 nitrogen and oxygen atoms in total. The van der Waals surface area contributed by atoms with Crippen molar-refractivity contribution < 1.29 is 0 Å². The van der Waals surface area contributed by atoms with Crippen molar-refractivity contribution in [1.29, 1.82) is 0 Å². The molecule has 1 aliphatic carbocycles. The second-order valence-electron chi connectivity index (χ2n) is 7.34. The van der Waals surface area contributed by atoms with Crippen LogP contribution in [0, 0.1) is 0 Å². The Hall–Kier alpha value is -3.79. The lowest BCUT2D eigenvalue weighted by molar-refractivity contribution is 1.23. The zero-order chi connectivity index (χ0) is 18.2. The number of nitrogens with zero attached hydrogens (tertiary/aromatic N) is 4. The summed E-state index contributed by atoms with van der Waals surface area (Å²) in [4.78, 5) is 14.4. The summed E-state index contributed by atoms with van der Waals surface area (Å²) in [6.45, 7) is 0. The molecule has 0 N–H and O–H groups in total. The molecule has 6 aromatic rings. The first kappa shape index (κ1) is 14.3. The summed E-state index contributed by atoms with van der Waals surface area (Å²) in [5, 5.41) is 2.32. The van der Waals surface area contributed by atoms with Crippen LogP contribution in [0.25, 0.3) is 49.7 Å². The van der Waals surface area contributed by atoms with Gasteiger partial charge in [-0.15, -0.1) is 0 Å². The van der Waals surface area contributed by atoms with Crippen molar-refractivity contribution in [3.63, 3.8) is 0 Å². The molecule has 0 aliphatic heterocycles. The van der Waals surface area contributed by atoms with Crippen LogP contribution in [0.3, 0.4) is 0 Å². The van der Waals surface area contributed by atoms with E-state index in [0.717, 1.165) is 39.7 Å². The number of imidazole rings is 1. The third-order valence-electron chi connectivity index (χ3n) is 5.88. The molecule has 0 spiro atoms. The van der Waals surface area contributed by atoms with Crippen LogP contribution in [0.15, 0.2) is 73.1 Å². The first-order chi connectivity index (χ1) is 13.9. The van der Waals surface area contributed by atoms with Gasteiger partial charge in [0.15, 0.2) is 5.65 Å². The first-order valence-electron chi connectivity index (χ1n) is 9.44. The first-order valence-corrected chi connectivity index (χ1v) is 9.44. The minimum absolute atomic E-state index is 0.873. The molecule has 7 rings (SSSR count). The Morgan fingerprint density at radius 3 is 2.64 bits per heavy atom. The number of benzene rings is 2.